The van der Waals surface area contributed by atoms with E-state index in [-0.39, 0.29) is 12.2 Å². The maximum atomic E-state index is 10.7. The first-order valence-corrected chi connectivity index (χ1v) is 4.57. The van der Waals surface area contributed by atoms with Crippen LogP contribution in [0.25, 0.3) is 0 Å². The van der Waals surface area contributed by atoms with Crippen molar-refractivity contribution in [2.24, 2.45) is 0 Å². The highest BCUT2D eigenvalue weighted by atomic mass is 79.9. The summed E-state index contributed by atoms with van der Waals surface area (Å²) in [5.74, 6) is 4.07. The Balaban J connectivity index is 3.13. The van der Waals surface area contributed by atoms with Gasteiger partial charge in [-0.2, -0.15) is 0 Å². The summed E-state index contributed by atoms with van der Waals surface area (Å²) in [6.45, 7) is -0.238. The lowest BCUT2D eigenvalue weighted by atomic mass is 10.1. The summed E-state index contributed by atoms with van der Waals surface area (Å²) in [6.07, 6.45) is 0. The highest BCUT2D eigenvalue weighted by Crippen LogP contribution is 2.17. The van der Waals surface area contributed by atoms with E-state index < -0.39 is 5.97 Å². The van der Waals surface area contributed by atoms with Gasteiger partial charge in [0, 0.05) is 10.0 Å². The number of rotatable bonds is 1. The van der Waals surface area contributed by atoms with E-state index in [0.717, 1.165) is 0 Å². The molecule has 0 amide bonds. The van der Waals surface area contributed by atoms with E-state index in [1.165, 1.54) is 6.07 Å². The van der Waals surface area contributed by atoms with Crippen molar-refractivity contribution in [3.05, 3.63) is 33.8 Å². The van der Waals surface area contributed by atoms with Crippen LogP contribution >= 0.6 is 15.9 Å². The molecule has 0 aromatic heterocycles. The number of halogens is 1. The second-order valence-corrected chi connectivity index (χ2v) is 3.31. The van der Waals surface area contributed by atoms with Gasteiger partial charge in [0.2, 0.25) is 0 Å². The van der Waals surface area contributed by atoms with E-state index >= 15 is 0 Å². The predicted molar refractivity (Wildman–Crippen MR) is 55.1 cm³/mol. The maximum Gasteiger partial charge on any atom is 0.336 e. The van der Waals surface area contributed by atoms with Crippen molar-refractivity contribution in [3.8, 4) is 11.8 Å². The minimum atomic E-state index is -1.01. The molecular weight excluding hydrogens is 248 g/mol. The summed E-state index contributed by atoms with van der Waals surface area (Å²) in [6, 6.07) is 4.75. The number of hydrogen-bond donors (Lipinski definition) is 2. The quantitative estimate of drug-likeness (QED) is 0.747. The molecule has 0 saturated carbocycles. The zero-order valence-electron chi connectivity index (χ0n) is 7.12. The number of carboxylic acid groups (broad SMARTS) is 1. The Hall–Kier alpha value is -1.31. The van der Waals surface area contributed by atoms with Gasteiger partial charge in [0.05, 0.1) is 5.56 Å². The highest BCUT2D eigenvalue weighted by Gasteiger charge is 2.07. The van der Waals surface area contributed by atoms with E-state index in [9.17, 15) is 4.79 Å². The number of benzene rings is 1. The van der Waals surface area contributed by atoms with E-state index in [1.807, 2.05) is 0 Å². The lowest BCUT2D eigenvalue weighted by Crippen LogP contribution is -1.97. The molecule has 0 heterocycles. The lowest BCUT2D eigenvalue weighted by Gasteiger charge is -1.98. The minimum Gasteiger partial charge on any atom is -0.478 e. The smallest absolute Gasteiger partial charge is 0.336 e. The van der Waals surface area contributed by atoms with E-state index in [1.54, 1.807) is 12.1 Å². The Kier molecular flexibility index (Phi) is 3.69. The molecule has 0 saturated heterocycles. The van der Waals surface area contributed by atoms with Gasteiger partial charge in [-0.15, -0.1) is 0 Å². The van der Waals surface area contributed by atoms with Crippen LogP contribution in [0.5, 0.6) is 0 Å². The topological polar surface area (TPSA) is 57.5 Å². The molecule has 14 heavy (non-hydrogen) atoms. The van der Waals surface area contributed by atoms with Gasteiger partial charge in [0.15, 0.2) is 0 Å². The summed E-state index contributed by atoms with van der Waals surface area (Å²) in [7, 11) is 0. The Morgan fingerprint density at radius 1 is 1.50 bits per heavy atom. The highest BCUT2D eigenvalue weighted by molar-refractivity contribution is 9.10. The van der Waals surface area contributed by atoms with Crippen molar-refractivity contribution < 1.29 is 15.0 Å². The molecule has 72 valence electrons. The van der Waals surface area contributed by atoms with Gasteiger partial charge in [-0.05, 0) is 34.1 Å². The number of aliphatic hydroxyl groups excluding tert-OH is 1. The SMILES string of the molecule is O=C(O)c1cc(C#CCO)ccc1Br. The number of hydrogen-bond acceptors (Lipinski definition) is 2. The zero-order valence-corrected chi connectivity index (χ0v) is 8.71. The zero-order chi connectivity index (χ0) is 10.6. The second kappa shape index (κ2) is 4.80. The fraction of sp³-hybridized carbons (Fsp3) is 0.100. The lowest BCUT2D eigenvalue weighted by molar-refractivity contribution is 0.0696. The third-order valence-electron chi connectivity index (χ3n) is 1.51. The molecule has 0 atom stereocenters. The summed E-state index contributed by atoms with van der Waals surface area (Å²) >= 11 is 3.12. The fourth-order valence-electron chi connectivity index (χ4n) is 0.909. The van der Waals surface area contributed by atoms with Crippen LogP contribution in [0.2, 0.25) is 0 Å². The molecule has 1 aromatic carbocycles. The molecule has 0 fully saturated rings. The van der Waals surface area contributed by atoms with Crippen molar-refractivity contribution in [2.45, 2.75) is 0 Å². The number of aliphatic hydroxyl groups is 1. The molecule has 0 unspecified atom stereocenters. The molecule has 0 bridgehead atoms. The van der Waals surface area contributed by atoms with E-state index in [4.69, 9.17) is 10.2 Å². The van der Waals surface area contributed by atoms with Gasteiger partial charge in [0.25, 0.3) is 0 Å². The van der Waals surface area contributed by atoms with Crippen molar-refractivity contribution >= 4 is 21.9 Å². The van der Waals surface area contributed by atoms with Crippen LogP contribution in [-0.2, 0) is 0 Å². The third-order valence-corrected chi connectivity index (χ3v) is 2.20. The minimum absolute atomic E-state index is 0.162. The first-order chi connectivity index (χ1) is 6.65. The largest absolute Gasteiger partial charge is 0.478 e. The first kappa shape index (κ1) is 10.8. The molecule has 3 nitrogen and oxygen atoms in total. The van der Waals surface area contributed by atoms with Crippen molar-refractivity contribution in [2.75, 3.05) is 6.61 Å². The van der Waals surface area contributed by atoms with Gasteiger partial charge < -0.3 is 10.2 Å². The van der Waals surface area contributed by atoms with Crippen molar-refractivity contribution in [3.63, 3.8) is 0 Å². The molecule has 2 N–H and O–H groups in total. The molecule has 0 spiro atoms. The molecule has 0 radical (unpaired) electrons. The number of aromatic carboxylic acids is 1. The Morgan fingerprint density at radius 2 is 2.21 bits per heavy atom. The molecule has 4 heteroatoms. The van der Waals surface area contributed by atoms with E-state index in [0.29, 0.717) is 10.0 Å². The summed E-state index contributed by atoms with van der Waals surface area (Å²) in [5.41, 5.74) is 0.731. The van der Waals surface area contributed by atoms with Gasteiger partial charge in [-0.25, -0.2) is 4.79 Å². The standard InChI is InChI=1S/C10H7BrO3/c11-9-4-3-7(2-1-5-12)6-8(9)10(13)14/h3-4,6,12H,5H2,(H,13,14). The number of carboxylic acids is 1. The predicted octanol–water partition coefficient (Wildman–Crippen LogP) is 1.49. The molecule has 0 aliphatic heterocycles. The number of carbonyl (C=O) groups is 1. The van der Waals surface area contributed by atoms with Crippen LogP contribution in [0.15, 0.2) is 22.7 Å². The summed E-state index contributed by atoms with van der Waals surface area (Å²) in [5, 5.41) is 17.2. The first-order valence-electron chi connectivity index (χ1n) is 3.77. The molecule has 0 aliphatic rings. The average Bonchev–Trinajstić information content (AvgIpc) is 2.16. The average molecular weight is 255 g/mol. The van der Waals surface area contributed by atoms with Crippen molar-refractivity contribution in [1.29, 1.82) is 0 Å². The van der Waals surface area contributed by atoms with Crippen LogP contribution in [0.4, 0.5) is 0 Å². The van der Waals surface area contributed by atoms with Gasteiger partial charge >= 0.3 is 5.97 Å². The third kappa shape index (κ3) is 2.59. The van der Waals surface area contributed by atoms with E-state index in [2.05, 4.69) is 27.8 Å². The van der Waals surface area contributed by atoms with Crippen LogP contribution in [0.1, 0.15) is 15.9 Å². The molecule has 1 aromatic rings. The van der Waals surface area contributed by atoms with Gasteiger partial charge in [-0.1, -0.05) is 11.8 Å². The van der Waals surface area contributed by atoms with Crippen LogP contribution < -0.4 is 0 Å². The Labute approximate surface area is 89.5 Å². The van der Waals surface area contributed by atoms with Crippen LogP contribution in [-0.4, -0.2) is 22.8 Å². The molecule has 1 rings (SSSR count). The second-order valence-electron chi connectivity index (χ2n) is 2.46. The molecule has 0 aliphatic carbocycles. The fourth-order valence-corrected chi connectivity index (χ4v) is 1.32. The van der Waals surface area contributed by atoms with Gasteiger partial charge in [0.1, 0.15) is 6.61 Å². The normalized spacial score (nSPS) is 9.00. The van der Waals surface area contributed by atoms with Gasteiger partial charge in [-0.3, -0.25) is 0 Å². The monoisotopic (exact) mass is 254 g/mol. The Bertz CT molecular complexity index is 415. The Morgan fingerprint density at radius 3 is 2.79 bits per heavy atom. The summed E-state index contributed by atoms with van der Waals surface area (Å²) in [4.78, 5) is 10.7. The van der Waals surface area contributed by atoms with Crippen molar-refractivity contribution in [1.82, 2.24) is 0 Å². The van der Waals surface area contributed by atoms with Crippen LogP contribution in [0, 0.1) is 11.8 Å². The molecular formula is C10H7BrO3. The maximum absolute atomic E-state index is 10.7. The van der Waals surface area contributed by atoms with Crippen LogP contribution in [0.3, 0.4) is 0 Å². The summed E-state index contributed by atoms with van der Waals surface area (Å²) < 4.78 is 0.513.